The van der Waals surface area contributed by atoms with E-state index in [9.17, 15) is 9.18 Å². The first kappa shape index (κ1) is 13.7. The van der Waals surface area contributed by atoms with Crippen LogP contribution in [0, 0.1) is 0 Å². The molecule has 1 rings (SSSR count). The van der Waals surface area contributed by atoms with Crippen LogP contribution < -0.4 is 10.1 Å². The van der Waals surface area contributed by atoms with E-state index in [1.165, 1.54) is 0 Å². The smallest absolute Gasteiger partial charge is 0.279 e. The minimum Gasteiger partial charge on any atom is -0.489 e. The second-order valence-electron chi connectivity index (χ2n) is 3.50. The summed E-state index contributed by atoms with van der Waals surface area (Å²) in [6, 6.07) is 7.31. The van der Waals surface area contributed by atoms with E-state index in [-0.39, 0.29) is 12.6 Å². The third-order valence-corrected chi connectivity index (χ3v) is 2.48. The molecule has 92 valence electrons. The van der Waals surface area contributed by atoms with Crippen molar-refractivity contribution in [2.24, 2.45) is 0 Å². The van der Waals surface area contributed by atoms with Gasteiger partial charge in [0.05, 0.1) is 6.54 Å². The SMILES string of the molecule is C=C(F)C(=O)NCC(C)Oc1ccc(Br)cc1. The number of nitrogens with one attached hydrogen (secondary N) is 1. The molecule has 0 spiro atoms. The normalized spacial score (nSPS) is 11.7. The van der Waals surface area contributed by atoms with Gasteiger partial charge in [-0.05, 0) is 31.2 Å². The summed E-state index contributed by atoms with van der Waals surface area (Å²) in [4.78, 5) is 10.9. The molecule has 1 unspecified atom stereocenters. The van der Waals surface area contributed by atoms with E-state index >= 15 is 0 Å². The van der Waals surface area contributed by atoms with Crippen LogP contribution in [0.5, 0.6) is 5.75 Å². The van der Waals surface area contributed by atoms with E-state index in [4.69, 9.17) is 4.74 Å². The average molecular weight is 302 g/mol. The molecule has 3 nitrogen and oxygen atoms in total. The number of carbonyl (C=O) groups excluding carboxylic acids is 1. The molecule has 0 aliphatic carbocycles. The molecule has 0 fully saturated rings. The van der Waals surface area contributed by atoms with Crippen molar-refractivity contribution in [3.05, 3.63) is 41.1 Å². The van der Waals surface area contributed by atoms with Gasteiger partial charge in [-0.1, -0.05) is 22.5 Å². The van der Waals surface area contributed by atoms with Crippen LogP contribution in [0.25, 0.3) is 0 Å². The van der Waals surface area contributed by atoms with Crippen LogP contribution in [0.4, 0.5) is 4.39 Å². The monoisotopic (exact) mass is 301 g/mol. The van der Waals surface area contributed by atoms with Gasteiger partial charge in [0, 0.05) is 4.47 Å². The molecule has 0 bridgehead atoms. The van der Waals surface area contributed by atoms with Crippen molar-refractivity contribution in [2.45, 2.75) is 13.0 Å². The van der Waals surface area contributed by atoms with Crippen LogP contribution in [0.2, 0.25) is 0 Å². The van der Waals surface area contributed by atoms with Gasteiger partial charge in [-0.15, -0.1) is 0 Å². The molecule has 1 amide bonds. The van der Waals surface area contributed by atoms with E-state index < -0.39 is 11.7 Å². The molecule has 1 N–H and O–H groups in total. The van der Waals surface area contributed by atoms with E-state index in [1.807, 2.05) is 12.1 Å². The van der Waals surface area contributed by atoms with Crippen molar-refractivity contribution in [1.82, 2.24) is 5.32 Å². The number of amides is 1. The Bertz CT molecular complexity index is 405. The van der Waals surface area contributed by atoms with Crippen molar-refractivity contribution < 1.29 is 13.9 Å². The maximum atomic E-state index is 12.4. The lowest BCUT2D eigenvalue weighted by atomic mass is 10.3. The van der Waals surface area contributed by atoms with Gasteiger partial charge >= 0.3 is 0 Å². The summed E-state index contributed by atoms with van der Waals surface area (Å²) >= 11 is 3.31. The second-order valence-corrected chi connectivity index (χ2v) is 4.41. The van der Waals surface area contributed by atoms with Crippen LogP contribution in [0.1, 0.15) is 6.92 Å². The third-order valence-electron chi connectivity index (χ3n) is 1.95. The summed E-state index contributed by atoms with van der Waals surface area (Å²) < 4.78 is 18.8. The number of halogens is 2. The molecule has 1 aromatic carbocycles. The van der Waals surface area contributed by atoms with Gasteiger partial charge in [0.1, 0.15) is 11.9 Å². The Morgan fingerprint density at radius 3 is 2.65 bits per heavy atom. The van der Waals surface area contributed by atoms with Crippen molar-refractivity contribution in [3.63, 3.8) is 0 Å². The van der Waals surface area contributed by atoms with E-state index in [0.717, 1.165) is 4.47 Å². The van der Waals surface area contributed by atoms with Gasteiger partial charge in [-0.2, -0.15) is 0 Å². The van der Waals surface area contributed by atoms with Gasteiger partial charge < -0.3 is 10.1 Å². The molecular formula is C12H13BrFNO2. The summed E-state index contributed by atoms with van der Waals surface area (Å²) in [5.41, 5.74) is 0. The fourth-order valence-electron chi connectivity index (χ4n) is 1.12. The molecule has 1 atom stereocenters. The zero-order valence-corrected chi connectivity index (χ0v) is 11.0. The van der Waals surface area contributed by atoms with Gasteiger partial charge in [0.2, 0.25) is 0 Å². The first-order valence-corrected chi connectivity index (χ1v) is 5.83. The van der Waals surface area contributed by atoms with Gasteiger partial charge in [-0.3, -0.25) is 4.79 Å². The maximum absolute atomic E-state index is 12.4. The number of ether oxygens (including phenoxy) is 1. The molecule has 1 aromatic rings. The highest BCUT2D eigenvalue weighted by atomic mass is 79.9. The second kappa shape index (κ2) is 6.39. The highest BCUT2D eigenvalue weighted by Gasteiger charge is 2.09. The number of carbonyl (C=O) groups is 1. The Balaban J connectivity index is 2.39. The Morgan fingerprint density at radius 1 is 1.53 bits per heavy atom. The number of hydrogen-bond donors (Lipinski definition) is 1. The van der Waals surface area contributed by atoms with Gasteiger partial charge in [-0.25, -0.2) is 4.39 Å². The van der Waals surface area contributed by atoms with Crippen LogP contribution in [-0.4, -0.2) is 18.6 Å². The summed E-state index contributed by atoms with van der Waals surface area (Å²) in [6.07, 6.45) is -0.250. The molecule has 0 heterocycles. The molecule has 0 aromatic heterocycles. The summed E-state index contributed by atoms with van der Waals surface area (Å²) in [5.74, 6) is -1.12. The zero-order chi connectivity index (χ0) is 12.8. The van der Waals surface area contributed by atoms with E-state index in [0.29, 0.717) is 5.75 Å². The Labute approximate surface area is 108 Å². The lowest BCUT2D eigenvalue weighted by Gasteiger charge is -2.15. The minimum atomic E-state index is -0.999. The molecule has 0 saturated carbocycles. The highest BCUT2D eigenvalue weighted by molar-refractivity contribution is 9.10. The molecule has 0 aliphatic rings. The van der Waals surface area contributed by atoms with Crippen LogP contribution in [0.15, 0.2) is 41.1 Å². The minimum absolute atomic E-state index is 0.220. The Kier molecular flexibility index (Phi) is 5.15. The molecule has 0 aliphatic heterocycles. The predicted octanol–water partition coefficient (Wildman–Crippen LogP) is 2.82. The van der Waals surface area contributed by atoms with Crippen LogP contribution in [-0.2, 0) is 4.79 Å². The fourth-order valence-corrected chi connectivity index (χ4v) is 1.38. The lowest BCUT2D eigenvalue weighted by molar-refractivity contribution is -0.119. The first-order chi connectivity index (χ1) is 7.99. The standard InChI is InChI=1S/C12H13BrFNO2/c1-8(7-15-12(16)9(2)14)17-11-5-3-10(13)4-6-11/h3-6,8H,2,7H2,1H3,(H,15,16). The molecule has 5 heteroatoms. The van der Waals surface area contributed by atoms with E-state index in [2.05, 4.69) is 27.8 Å². The Hall–Kier alpha value is -1.36. The topological polar surface area (TPSA) is 38.3 Å². The molecular weight excluding hydrogens is 289 g/mol. The zero-order valence-electron chi connectivity index (χ0n) is 9.37. The number of hydrogen-bond acceptors (Lipinski definition) is 2. The molecule has 0 saturated heterocycles. The van der Waals surface area contributed by atoms with Crippen molar-refractivity contribution in [2.75, 3.05) is 6.54 Å². The van der Waals surface area contributed by atoms with Gasteiger partial charge in [0.15, 0.2) is 5.83 Å². The van der Waals surface area contributed by atoms with Crippen molar-refractivity contribution in [3.8, 4) is 5.75 Å². The third kappa shape index (κ3) is 4.99. The lowest BCUT2D eigenvalue weighted by Crippen LogP contribution is -2.33. The molecule has 0 radical (unpaired) electrons. The van der Waals surface area contributed by atoms with Crippen molar-refractivity contribution in [1.29, 1.82) is 0 Å². The van der Waals surface area contributed by atoms with Crippen LogP contribution in [0.3, 0.4) is 0 Å². The highest BCUT2D eigenvalue weighted by Crippen LogP contribution is 2.17. The number of benzene rings is 1. The molecule has 17 heavy (non-hydrogen) atoms. The first-order valence-electron chi connectivity index (χ1n) is 5.04. The van der Waals surface area contributed by atoms with Gasteiger partial charge in [0.25, 0.3) is 5.91 Å². The average Bonchev–Trinajstić information content (AvgIpc) is 2.29. The predicted molar refractivity (Wildman–Crippen MR) is 67.5 cm³/mol. The van der Waals surface area contributed by atoms with Crippen molar-refractivity contribution >= 4 is 21.8 Å². The summed E-state index contributed by atoms with van der Waals surface area (Å²) in [5, 5.41) is 2.37. The maximum Gasteiger partial charge on any atom is 0.279 e. The quantitative estimate of drug-likeness (QED) is 0.849. The largest absolute Gasteiger partial charge is 0.489 e. The fraction of sp³-hybridized carbons (Fsp3) is 0.250. The summed E-state index contributed by atoms with van der Waals surface area (Å²) in [7, 11) is 0. The van der Waals surface area contributed by atoms with E-state index in [1.54, 1.807) is 19.1 Å². The van der Waals surface area contributed by atoms with Crippen LogP contribution >= 0.6 is 15.9 Å². The Morgan fingerprint density at radius 2 is 2.12 bits per heavy atom. The summed E-state index contributed by atoms with van der Waals surface area (Å²) in [6.45, 7) is 4.90. The number of rotatable bonds is 5.